The SMILES string of the molecule is CNC(c1cccc(F)c1Br)C1CCc2cccnc21. The molecule has 0 fully saturated rings. The molecule has 1 N–H and O–H groups in total. The van der Waals surface area contributed by atoms with E-state index in [0.717, 1.165) is 24.1 Å². The van der Waals surface area contributed by atoms with E-state index >= 15 is 0 Å². The Balaban J connectivity index is 2.02. The number of halogens is 2. The van der Waals surface area contributed by atoms with Gasteiger partial charge in [-0.15, -0.1) is 0 Å². The minimum Gasteiger partial charge on any atom is -0.312 e. The van der Waals surface area contributed by atoms with E-state index in [-0.39, 0.29) is 17.8 Å². The van der Waals surface area contributed by atoms with E-state index in [2.05, 4.69) is 32.3 Å². The Morgan fingerprint density at radius 1 is 1.35 bits per heavy atom. The number of hydrogen-bond acceptors (Lipinski definition) is 2. The predicted octanol–water partition coefficient (Wildman–Crippen LogP) is 3.97. The second-order valence-electron chi connectivity index (χ2n) is 5.10. The van der Waals surface area contributed by atoms with E-state index in [1.54, 1.807) is 6.07 Å². The van der Waals surface area contributed by atoms with Crippen LogP contribution in [0.1, 0.15) is 35.2 Å². The van der Waals surface area contributed by atoms with Gasteiger partial charge in [-0.1, -0.05) is 18.2 Å². The van der Waals surface area contributed by atoms with Gasteiger partial charge in [0, 0.05) is 23.9 Å². The summed E-state index contributed by atoms with van der Waals surface area (Å²) >= 11 is 3.37. The van der Waals surface area contributed by atoms with E-state index in [9.17, 15) is 4.39 Å². The number of benzene rings is 1. The lowest BCUT2D eigenvalue weighted by Gasteiger charge is -2.25. The molecule has 1 heterocycles. The van der Waals surface area contributed by atoms with Crippen LogP contribution in [-0.2, 0) is 6.42 Å². The molecule has 1 aromatic heterocycles. The van der Waals surface area contributed by atoms with E-state index in [1.165, 1.54) is 11.6 Å². The number of fused-ring (bicyclic) bond motifs is 1. The van der Waals surface area contributed by atoms with Gasteiger partial charge >= 0.3 is 0 Å². The van der Waals surface area contributed by atoms with Crippen LogP contribution in [0.15, 0.2) is 41.0 Å². The summed E-state index contributed by atoms with van der Waals surface area (Å²) in [7, 11) is 1.92. The first kappa shape index (κ1) is 13.7. The summed E-state index contributed by atoms with van der Waals surface area (Å²) in [6.45, 7) is 0. The number of nitrogens with one attached hydrogen (secondary N) is 1. The van der Waals surface area contributed by atoms with Gasteiger partial charge in [-0.05, 0) is 59.1 Å². The van der Waals surface area contributed by atoms with Crippen LogP contribution >= 0.6 is 15.9 Å². The van der Waals surface area contributed by atoms with Crippen molar-refractivity contribution in [3.63, 3.8) is 0 Å². The highest BCUT2D eigenvalue weighted by Gasteiger charge is 2.32. The normalized spacial score (nSPS) is 18.9. The molecule has 0 saturated carbocycles. The monoisotopic (exact) mass is 334 g/mol. The zero-order chi connectivity index (χ0) is 14.1. The molecule has 0 spiro atoms. The third-order valence-corrected chi connectivity index (χ3v) is 4.87. The van der Waals surface area contributed by atoms with Crippen LogP contribution in [0.25, 0.3) is 0 Å². The maximum absolute atomic E-state index is 13.8. The number of aromatic nitrogens is 1. The van der Waals surface area contributed by atoms with Crippen molar-refractivity contribution >= 4 is 15.9 Å². The van der Waals surface area contributed by atoms with Gasteiger partial charge in [-0.25, -0.2) is 4.39 Å². The molecule has 2 nitrogen and oxygen atoms in total. The Bertz CT molecular complexity index is 630. The maximum atomic E-state index is 13.8. The molecule has 4 heteroatoms. The smallest absolute Gasteiger partial charge is 0.137 e. The van der Waals surface area contributed by atoms with E-state index in [1.807, 2.05) is 25.4 Å². The standard InChI is InChI=1S/C16H16BrFN2/c1-19-16(11-5-2-6-13(18)14(11)17)12-8-7-10-4-3-9-20-15(10)12/h2-6,9,12,16,19H,7-8H2,1H3. The fraction of sp³-hybridized carbons (Fsp3) is 0.312. The number of aryl methyl sites for hydroxylation is 1. The molecule has 1 aromatic carbocycles. The van der Waals surface area contributed by atoms with Crippen molar-refractivity contribution < 1.29 is 4.39 Å². The summed E-state index contributed by atoms with van der Waals surface area (Å²) in [5.74, 6) is 0.0660. The number of nitrogens with zero attached hydrogens (tertiary/aromatic N) is 1. The zero-order valence-electron chi connectivity index (χ0n) is 11.2. The predicted molar refractivity (Wildman–Crippen MR) is 81.2 cm³/mol. The molecular formula is C16H16BrFN2. The molecule has 3 rings (SSSR count). The lowest BCUT2D eigenvalue weighted by molar-refractivity contribution is 0.465. The van der Waals surface area contributed by atoms with Crippen molar-refractivity contribution in [2.45, 2.75) is 24.8 Å². The minimum atomic E-state index is -0.220. The Morgan fingerprint density at radius 2 is 2.20 bits per heavy atom. The van der Waals surface area contributed by atoms with E-state index in [4.69, 9.17) is 0 Å². The Morgan fingerprint density at radius 3 is 3.00 bits per heavy atom. The van der Waals surface area contributed by atoms with Crippen LogP contribution in [0.3, 0.4) is 0 Å². The molecule has 2 atom stereocenters. The van der Waals surface area contributed by atoms with Crippen molar-refractivity contribution in [2.75, 3.05) is 7.05 Å². The van der Waals surface area contributed by atoms with Gasteiger partial charge in [0.15, 0.2) is 0 Å². The van der Waals surface area contributed by atoms with Gasteiger partial charge in [-0.2, -0.15) is 0 Å². The molecule has 1 aliphatic rings. The molecule has 1 aliphatic carbocycles. The Hall–Kier alpha value is -1.26. The van der Waals surface area contributed by atoms with Crippen LogP contribution < -0.4 is 5.32 Å². The third kappa shape index (κ3) is 2.27. The maximum Gasteiger partial charge on any atom is 0.137 e. The molecule has 0 bridgehead atoms. The van der Waals surface area contributed by atoms with Gasteiger partial charge in [0.25, 0.3) is 0 Å². The van der Waals surface area contributed by atoms with Crippen LogP contribution in [0.2, 0.25) is 0 Å². The zero-order valence-corrected chi connectivity index (χ0v) is 12.8. The van der Waals surface area contributed by atoms with Gasteiger partial charge in [-0.3, -0.25) is 4.98 Å². The van der Waals surface area contributed by atoms with Gasteiger partial charge < -0.3 is 5.32 Å². The summed E-state index contributed by atoms with van der Waals surface area (Å²) in [6, 6.07) is 9.38. The number of rotatable bonds is 3. The van der Waals surface area contributed by atoms with Crippen LogP contribution in [0.4, 0.5) is 4.39 Å². The Kier molecular flexibility index (Phi) is 3.85. The molecule has 0 amide bonds. The van der Waals surface area contributed by atoms with Crippen molar-refractivity contribution in [1.29, 1.82) is 0 Å². The Labute approximate surface area is 126 Å². The molecule has 0 radical (unpaired) electrons. The van der Waals surface area contributed by atoms with E-state index in [0.29, 0.717) is 4.47 Å². The first-order valence-corrected chi connectivity index (χ1v) is 7.56. The molecule has 20 heavy (non-hydrogen) atoms. The second kappa shape index (κ2) is 5.62. The fourth-order valence-corrected chi connectivity index (χ4v) is 3.61. The topological polar surface area (TPSA) is 24.9 Å². The lowest BCUT2D eigenvalue weighted by Crippen LogP contribution is -2.23. The summed E-state index contributed by atoms with van der Waals surface area (Å²) in [6.07, 6.45) is 3.92. The first-order valence-electron chi connectivity index (χ1n) is 6.77. The summed E-state index contributed by atoms with van der Waals surface area (Å²) < 4.78 is 14.3. The summed E-state index contributed by atoms with van der Waals surface area (Å²) in [4.78, 5) is 4.54. The average molecular weight is 335 g/mol. The quantitative estimate of drug-likeness (QED) is 0.918. The highest BCUT2D eigenvalue weighted by molar-refractivity contribution is 9.10. The molecule has 104 valence electrons. The van der Waals surface area contributed by atoms with Crippen LogP contribution in [0, 0.1) is 5.82 Å². The van der Waals surface area contributed by atoms with Crippen LogP contribution in [-0.4, -0.2) is 12.0 Å². The van der Waals surface area contributed by atoms with Crippen molar-refractivity contribution in [2.24, 2.45) is 0 Å². The fourth-order valence-electron chi connectivity index (χ4n) is 3.10. The average Bonchev–Trinajstić information content (AvgIpc) is 2.88. The van der Waals surface area contributed by atoms with Crippen molar-refractivity contribution in [3.05, 3.63) is 63.6 Å². The van der Waals surface area contributed by atoms with Gasteiger partial charge in [0.1, 0.15) is 5.82 Å². The van der Waals surface area contributed by atoms with Crippen molar-refractivity contribution in [3.8, 4) is 0 Å². The molecule has 2 aromatic rings. The van der Waals surface area contributed by atoms with Crippen molar-refractivity contribution in [1.82, 2.24) is 10.3 Å². The molecule has 0 aliphatic heterocycles. The molecule has 2 unspecified atom stereocenters. The molecular weight excluding hydrogens is 319 g/mol. The van der Waals surface area contributed by atoms with Gasteiger partial charge in [0.05, 0.1) is 4.47 Å². The van der Waals surface area contributed by atoms with E-state index < -0.39 is 0 Å². The lowest BCUT2D eigenvalue weighted by atomic mass is 9.91. The third-order valence-electron chi connectivity index (χ3n) is 4.03. The molecule has 0 saturated heterocycles. The van der Waals surface area contributed by atoms with Crippen LogP contribution in [0.5, 0.6) is 0 Å². The highest BCUT2D eigenvalue weighted by Crippen LogP contribution is 2.42. The number of pyridine rings is 1. The minimum absolute atomic E-state index is 0.0659. The number of hydrogen-bond donors (Lipinski definition) is 1. The highest BCUT2D eigenvalue weighted by atomic mass is 79.9. The summed E-state index contributed by atoms with van der Waals surface area (Å²) in [5, 5.41) is 3.33. The second-order valence-corrected chi connectivity index (χ2v) is 5.90. The number of likely N-dealkylation sites (N-methyl/N-ethyl adjacent to an activating group) is 1. The summed E-state index contributed by atoms with van der Waals surface area (Å²) in [5.41, 5.74) is 3.41. The van der Waals surface area contributed by atoms with Gasteiger partial charge in [0.2, 0.25) is 0 Å². The largest absolute Gasteiger partial charge is 0.312 e. The first-order chi connectivity index (χ1) is 9.72.